The van der Waals surface area contributed by atoms with Crippen LogP contribution in [0.5, 0.6) is 5.75 Å². The van der Waals surface area contributed by atoms with E-state index in [1.54, 1.807) is 30.3 Å². The molecule has 0 fully saturated rings. The third-order valence-corrected chi connectivity index (χ3v) is 4.34. The maximum atomic E-state index is 12.0. The Labute approximate surface area is 145 Å². The van der Waals surface area contributed by atoms with Gasteiger partial charge in [0.1, 0.15) is 5.75 Å². The fourth-order valence-corrected chi connectivity index (χ4v) is 2.90. The van der Waals surface area contributed by atoms with E-state index in [1.165, 1.54) is 25.3 Å². The van der Waals surface area contributed by atoms with Crippen LogP contribution in [-0.4, -0.2) is 40.3 Å². The first-order valence-corrected chi connectivity index (χ1v) is 9.10. The molecule has 7 nitrogen and oxygen atoms in total. The summed E-state index contributed by atoms with van der Waals surface area (Å²) in [5.41, 5.74) is 0.477. The summed E-state index contributed by atoms with van der Waals surface area (Å²) in [5.74, 6) is -0.731. The van der Waals surface area contributed by atoms with Gasteiger partial charge >= 0.3 is 5.97 Å². The number of anilines is 1. The van der Waals surface area contributed by atoms with Crippen molar-refractivity contribution in [1.29, 1.82) is 0 Å². The van der Waals surface area contributed by atoms with Crippen molar-refractivity contribution in [2.75, 3.05) is 25.3 Å². The number of esters is 1. The van der Waals surface area contributed by atoms with Crippen LogP contribution in [0.25, 0.3) is 0 Å². The van der Waals surface area contributed by atoms with Gasteiger partial charge in [0.25, 0.3) is 5.91 Å². The summed E-state index contributed by atoms with van der Waals surface area (Å²) in [4.78, 5) is 23.5. The van der Waals surface area contributed by atoms with Crippen LogP contribution in [0.1, 0.15) is 10.4 Å². The Bertz CT molecular complexity index is 892. The second-order valence-electron chi connectivity index (χ2n) is 5.12. The van der Waals surface area contributed by atoms with Crippen LogP contribution < -0.4 is 10.1 Å². The van der Waals surface area contributed by atoms with Crippen LogP contribution in [0, 0.1) is 0 Å². The maximum absolute atomic E-state index is 12.0. The largest absolute Gasteiger partial charge is 0.484 e. The zero-order valence-electron chi connectivity index (χ0n) is 13.7. The molecular formula is C17H17NO6S. The van der Waals surface area contributed by atoms with Gasteiger partial charge in [-0.3, -0.25) is 4.79 Å². The number of ether oxygens (including phenoxy) is 2. The Balaban J connectivity index is 2.04. The summed E-state index contributed by atoms with van der Waals surface area (Å²) in [5, 5.41) is 2.50. The number of hydrogen-bond acceptors (Lipinski definition) is 6. The van der Waals surface area contributed by atoms with Crippen LogP contribution in [0.3, 0.4) is 0 Å². The number of benzene rings is 2. The summed E-state index contributed by atoms with van der Waals surface area (Å²) in [6, 6.07) is 12.3. The fourth-order valence-electron chi connectivity index (χ4n) is 2.06. The minimum atomic E-state index is -3.47. The molecule has 8 heteroatoms. The van der Waals surface area contributed by atoms with Gasteiger partial charge in [0, 0.05) is 6.26 Å². The van der Waals surface area contributed by atoms with Gasteiger partial charge in [0.2, 0.25) is 0 Å². The predicted octanol–water partition coefficient (Wildman–Crippen LogP) is 1.89. The molecule has 0 aliphatic carbocycles. The average Bonchev–Trinajstić information content (AvgIpc) is 2.59. The predicted molar refractivity (Wildman–Crippen MR) is 91.5 cm³/mol. The van der Waals surface area contributed by atoms with Crippen molar-refractivity contribution in [3.8, 4) is 5.75 Å². The molecule has 0 heterocycles. The Morgan fingerprint density at radius 1 is 1.08 bits per heavy atom. The molecule has 0 saturated carbocycles. The molecule has 0 saturated heterocycles. The van der Waals surface area contributed by atoms with E-state index < -0.39 is 21.7 Å². The number of hydrogen-bond donors (Lipinski definition) is 1. The summed E-state index contributed by atoms with van der Waals surface area (Å²) in [6.45, 7) is -0.345. The van der Waals surface area contributed by atoms with Crippen LogP contribution >= 0.6 is 0 Å². The minimum absolute atomic E-state index is 0.0241. The molecule has 2 aromatic carbocycles. The van der Waals surface area contributed by atoms with Crippen molar-refractivity contribution < 1.29 is 27.5 Å². The average molecular weight is 363 g/mol. The molecule has 2 rings (SSSR count). The number of para-hydroxylation sites is 1. The van der Waals surface area contributed by atoms with Crippen LogP contribution in [0.2, 0.25) is 0 Å². The van der Waals surface area contributed by atoms with Gasteiger partial charge < -0.3 is 14.8 Å². The molecule has 0 bridgehead atoms. The van der Waals surface area contributed by atoms with Crippen LogP contribution in [0.15, 0.2) is 53.4 Å². The quantitative estimate of drug-likeness (QED) is 0.787. The third kappa shape index (κ3) is 5.05. The van der Waals surface area contributed by atoms with E-state index in [2.05, 4.69) is 10.1 Å². The van der Waals surface area contributed by atoms with Crippen molar-refractivity contribution in [2.24, 2.45) is 0 Å². The van der Waals surface area contributed by atoms with Crippen molar-refractivity contribution in [2.45, 2.75) is 4.90 Å². The molecular weight excluding hydrogens is 346 g/mol. The third-order valence-electron chi connectivity index (χ3n) is 3.19. The van der Waals surface area contributed by atoms with Gasteiger partial charge in [-0.25, -0.2) is 13.2 Å². The molecule has 1 N–H and O–H groups in total. The SMILES string of the molecule is COC(=O)c1cccc(OCC(=O)Nc2ccccc2S(C)(=O)=O)c1. The number of carbonyl (C=O) groups excluding carboxylic acids is 2. The van der Waals surface area contributed by atoms with Gasteiger partial charge in [-0.1, -0.05) is 18.2 Å². The van der Waals surface area contributed by atoms with E-state index in [0.29, 0.717) is 11.3 Å². The Hall–Kier alpha value is -2.87. The topological polar surface area (TPSA) is 98.8 Å². The second-order valence-corrected chi connectivity index (χ2v) is 7.11. The number of rotatable bonds is 6. The first-order chi connectivity index (χ1) is 11.8. The summed E-state index contributed by atoms with van der Waals surface area (Å²) < 4.78 is 33.4. The molecule has 132 valence electrons. The monoisotopic (exact) mass is 363 g/mol. The van der Waals surface area contributed by atoms with E-state index in [4.69, 9.17) is 4.74 Å². The van der Waals surface area contributed by atoms with Gasteiger partial charge in [-0.2, -0.15) is 0 Å². The van der Waals surface area contributed by atoms with Crippen molar-refractivity contribution >= 4 is 27.4 Å². The van der Waals surface area contributed by atoms with E-state index in [9.17, 15) is 18.0 Å². The van der Waals surface area contributed by atoms with E-state index in [-0.39, 0.29) is 17.2 Å². The molecule has 1 amide bonds. The second kappa shape index (κ2) is 7.80. The zero-order valence-corrected chi connectivity index (χ0v) is 14.5. The van der Waals surface area contributed by atoms with Crippen LogP contribution in [-0.2, 0) is 19.4 Å². The van der Waals surface area contributed by atoms with Crippen LogP contribution in [0.4, 0.5) is 5.69 Å². The smallest absolute Gasteiger partial charge is 0.337 e. The lowest BCUT2D eigenvalue weighted by molar-refractivity contribution is -0.118. The standard InChI is InChI=1S/C17H17NO6S/c1-23-17(20)12-6-5-7-13(10-12)24-11-16(19)18-14-8-3-4-9-15(14)25(2,21)22/h3-10H,11H2,1-2H3,(H,18,19). The highest BCUT2D eigenvalue weighted by atomic mass is 32.2. The molecule has 2 aromatic rings. The summed E-state index contributed by atoms with van der Waals surface area (Å²) in [7, 11) is -2.20. The van der Waals surface area contributed by atoms with Gasteiger partial charge in [0.15, 0.2) is 16.4 Å². The van der Waals surface area contributed by atoms with Gasteiger partial charge in [0.05, 0.1) is 23.3 Å². The zero-order chi connectivity index (χ0) is 18.4. The number of sulfone groups is 1. The molecule has 0 aliphatic heterocycles. The summed E-state index contributed by atoms with van der Waals surface area (Å²) >= 11 is 0. The molecule has 0 aliphatic rings. The fraction of sp³-hybridized carbons (Fsp3) is 0.176. The molecule has 0 unspecified atom stereocenters. The Kier molecular flexibility index (Phi) is 5.76. The molecule has 0 spiro atoms. The van der Waals surface area contributed by atoms with E-state index in [0.717, 1.165) is 6.26 Å². The first-order valence-electron chi connectivity index (χ1n) is 7.21. The highest BCUT2D eigenvalue weighted by Crippen LogP contribution is 2.20. The maximum Gasteiger partial charge on any atom is 0.337 e. The molecule has 0 radical (unpaired) electrons. The lowest BCUT2D eigenvalue weighted by atomic mass is 10.2. The molecule has 0 aromatic heterocycles. The number of methoxy groups -OCH3 is 1. The van der Waals surface area contributed by atoms with E-state index in [1.807, 2.05) is 0 Å². The first kappa shape index (κ1) is 18.5. The van der Waals surface area contributed by atoms with Crippen molar-refractivity contribution in [3.05, 3.63) is 54.1 Å². The van der Waals surface area contributed by atoms with Gasteiger partial charge in [-0.05, 0) is 30.3 Å². The summed E-state index contributed by atoms with van der Waals surface area (Å²) in [6.07, 6.45) is 1.06. The number of nitrogens with one attached hydrogen (secondary N) is 1. The Morgan fingerprint density at radius 2 is 1.80 bits per heavy atom. The normalized spacial score (nSPS) is 10.8. The van der Waals surface area contributed by atoms with Gasteiger partial charge in [-0.15, -0.1) is 0 Å². The number of carbonyl (C=O) groups is 2. The van der Waals surface area contributed by atoms with E-state index >= 15 is 0 Å². The molecule has 0 atom stereocenters. The minimum Gasteiger partial charge on any atom is -0.484 e. The lowest BCUT2D eigenvalue weighted by Gasteiger charge is -2.11. The highest BCUT2D eigenvalue weighted by molar-refractivity contribution is 7.90. The Morgan fingerprint density at radius 3 is 2.48 bits per heavy atom. The highest BCUT2D eigenvalue weighted by Gasteiger charge is 2.15. The van der Waals surface area contributed by atoms with Crippen molar-refractivity contribution in [3.63, 3.8) is 0 Å². The lowest BCUT2D eigenvalue weighted by Crippen LogP contribution is -2.21. The molecule has 25 heavy (non-hydrogen) atoms. The van der Waals surface area contributed by atoms with Crippen molar-refractivity contribution in [1.82, 2.24) is 0 Å². The number of amides is 1.